The van der Waals surface area contributed by atoms with Crippen LogP contribution in [0.2, 0.25) is 0 Å². The lowest BCUT2D eigenvalue weighted by atomic mass is 10.2. The van der Waals surface area contributed by atoms with E-state index in [1.165, 1.54) is 5.69 Å². The minimum atomic E-state index is 0. The fourth-order valence-electron chi connectivity index (χ4n) is 2.91. The first-order valence-electron chi connectivity index (χ1n) is 9.28. The summed E-state index contributed by atoms with van der Waals surface area (Å²) in [5.74, 6) is 1.92. The van der Waals surface area contributed by atoms with Crippen molar-refractivity contribution < 1.29 is 9.47 Å². The largest absolute Gasteiger partial charge is 0.497 e. The first kappa shape index (κ1) is 22.8. The van der Waals surface area contributed by atoms with Crippen molar-refractivity contribution in [3.8, 4) is 5.75 Å². The number of aliphatic imine (C=N–C) groups is 1. The smallest absolute Gasteiger partial charge is 0.194 e. The molecule has 0 amide bonds. The monoisotopic (exact) mass is 476 g/mol. The number of hydrogen-bond acceptors (Lipinski definition) is 4. The summed E-state index contributed by atoms with van der Waals surface area (Å²) in [4.78, 5) is 9.50. The van der Waals surface area contributed by atoms with Gasteiger partial charge < -0.3 is 24.6 Å². The van der Waals surface area contributed by atoms with Crippen molar-refractivity contribution >= 4 is 35.6 Å². The third kappa shape index (κ3) is 7.19. The van der Waals surface area contributed by atoms with Crippen molar-refractivity contribution in [2.75, 3.05) is 64.5 Å². The van der Waals surface area contributed by atoms with E-state index in [1.54, 1.807) is 7.11 Å². The number of ether oxygens (including phenoxy) is 2. The van der Waals surface area contributed by atoms with Crippen molar-refractivity contribution in [1.82, 2.24) is 10.2 Å². The Balaban J connectivity index is 0.00000338. The molecule has 2 rings (SSSR count). The highest BCUT2D eigenvalue weighted by atomic mass is 127. The molecule has 0 bridgehead atoms. The first-order valence-corrected chi connectivity index (χ1v) is 9.28. The van der Waals surface area contributed by atoms with Gasteiger partial charge in [-0.2, -0.15) is 0 Å². The van der Waals surface area contributed by atoms with E-state index >= 15 is 0 Å². The highest BCUT2D eigenvalue weighted by molar-refractivity contribution is 14.0. The Labute approximate surface area is 175 Å². The molecule has 1 aromatic rings. The summed E-state index contributed by atoms with van der Waals surface area (Å²) in [6.45, 7) is 11.3. The standard InChI is InChI=1S/C19H32N4O2.HI/c1-4-20-19(21-10-7-15-25-5-2)23-13-11-22(12-14-23)17-8-6-9-18(16-17)24-3;/h6,8-9,16H,4-5,7,10-15H2,1-3H3,(H,20,21);1H. The molecule has 0 aromatic heterocycles. The third-order valence-electron chi connectivity index (χ3n) is 4.25. The van der Waals surface area contributed by atoms with Gasteiger partial charge in [0.25, 0.3) is 0 Å². The minimum Gasteiger partial charge on any atom is -0.497 e. The number of halogens is 1. The van der Waals surface area contributed by atoms with Gasteiger partial charge in [-0.1, -0.05) is 6.07 Å². The summed E-state index contributed by atoms with van der Waals surface area (Å²) in [6.07, 6.45) is 0.965. The van der Waals surface area contributed by atoms with Gasteiger partial charge in [0.2, 0.25) is 0 Å². The molecule has 0 saturated carbocycles. The van der Waals surface area contributed by atoms with Crippen LogP contribution in [0, 0.1) is 0 Å². The molecule has 1 heterocycles. The van der Waals surface area contributed by atoms with E-state index in [2.05, 4.69) is 34.2 Å². The second-order valence-corrected chi connectivity index (χ2v) is 5.96. The van der Waals surface area contributed by atoms with Crippen LogP contribution >= 0.6 is 24.0 Å². The van der Waals surface area contributed by atoms with E-state index in [9.17, 15) is 0 Å². The molecule has 1 aliphatic rings. The van der Waals surface area contributed by atoms with E-state index in [1.807, 2.05) is 19.1 Å². The van der Waals surface area contributed by atoms with Gasteiger partial charge in [0.05, 0.1) is 7.11 Å². The Bertz CT molecular complexity index is 534. The number of guanidine groups is 1. The maximum absolute atomic E-state index is 5.38. The molecule has 1 N–H and O–H groups in total. The second-order valence-electron chi connectivity index (χ2n) is 5.96. The van der Waals surface area contributed by atoms with Crippen molar-refractivity contribution in [1.29, 1.82) is 0 Å². The minimum absolute atomic E-state index is 0. The second kappa shape index (κ2) is 13.0. The molecule has 26 heavy (non-hydrogen) atoms. The Morgan fingerprint density at radius 2 is 1.96 bits per heavy atom. The fourth-order valence-corrected chi connectivity index (χ4v) is 2.91. The zero-order valence-corrected chi connectivity index (χ0v) is 18.6. The van der Waals surface area contributed by atoms with Crippen molar-refractivity contribution in [3.05, 3.63) is 24.3 Å². The summed E-state index contributed by atoms with van der Waals surface area (Å²) in [6, 6.07) is 8.27. The lowest BCUT2D eigenvalue weighted by Crippen LogP contribution is -2.52. The van der Waals surface area contributed by atoms with E-state index in [-0.39, 0.29) is 24.0 Å². The summed E-state index contributed by atoms with van der Waals surface area (Å²) in [5.41, 5.74) is 1.22. The van der Waals surface area contributed by atoms with Gasteiger partial charge in [-0.15, -0.1) is 24.0 Å². The molecule has 148 valence electrons. The Morgan fingerprint density at radius 1 is 1.19 bits per heavy atom. The van der Waals surface area contributed by atoms with E-state index in [4.69, 9.17) is 14.5 Å². The molecule has 0 radical (unpaired) electrons. The van der Waals surface area contributed by atoms with Gasteiger partial charge >= 0.3 is 0 Å². The molecule has 1 aliphatic heterocycles. The van der Waals surface area contributed by atoms with Crippen LogP contribution in [-0.4, -0.2) is 70.5 Å². The molecule has 0 unspecified atom stereocenters. The molecule has 0 aliphatic carbocycles. The highest BCUT2D eigenvalue weighted by Gasteiger charge is 2.20. The number of anilines is 1. The van der Waals surface area contributed by atoms with Crippen LogP contribution < -0.4 is 15.0 Å². The van der Waals surface area contributed by atoms with Gasteiger partial charge in [0.1, 0.15) is 5.75 Å². The van der Waals surface area contributed by atoms with Crippen LogP contribution in [0.25, 0.3) is 0 Å². The average molecular weight is 476 g/mol. The topological polar surface area (TPSA) is 49.3 Å². The van der Waals surface area contributed by atoms with Gasteiger partial charge in [0.15, 0.2) is 5.96 Å². The number of nitrogens with zero attached hydrogens (tertiary/aromatic N) is 3. The molecule has 6 nitrogen and oxygen atoms in total. The van der Waals surface area contributed by atoms with Crippen LogP contribution in [0.1, 0.15) is 20.3 Å². The van der Waals surface area contributed by atoms with E-state index < -0.39 is 0 Å². The SMILES string of the molecule is CCNC(=NCCCOCC)N1CCN(c2cccc(OC)c2)CC1.I. The lowest BCUT2D eigenvalue weighted by Gasteiger charge is -2.37. The number of benzene rings is 1. The Kier molecular flexibility index (Phi) is 11.4. The summed E-state index contributed by atoms with van der Waals surface area (Å²) in [5, 5.41) is 3.41. The molecule has 1 saturated heterocycles. The van der Waals surface area contributed by atoms with Gasteiger partial charge in [-0.25, -0.2) is 0 Å². The molecule has 0 spiro atoms. The van der Waals surface area contributed by atoms with Gasteiger partial charge in [-0.05, 0) is 32.4 Å². The average Bonchev–Trinajstić information content (AvgIpc) is 2.67. The first-order chi connectivity index (χ1) is 12.3. The maximum atomic E-state index is 5.38. The van der Waals surface area contributed by atoms with Gasteiger partial charge in [0, 0.05) is 64.2 Å². The molecular weight excluding hydrogens is 443 g/mol. The number of methoxy groups -OCH3 is 1. The number of hydrogen-bond donors (Lipinski definition) is 1. The zero-order chi connectivity index (χ0) is 17.9. The summed E-state index contributed by atoms with van der Waals surface area (Å²) >= 11 is 0. The van der Waals surface area contributed by atoms with Crippen molar-refractivity contribution in [2.45, 2.75) is 20.3 Å². The third-order valence-corrected chi connectivity index (χ3v) is 4.25. The Hall–Kier alpha value is -1.22. The van der Waals surface area contributed by atoms with Gasteiger partial charge in [-0.3, -0.25) is 4.99 Å². The maximum Gasteiger partial charge on any atom is 0.194 e. The Morgan fingerprint density at radius 3 is 2.62 bits per heavy atom. The fraction of sp³-hybridized carbons (Fsp3) is 0.632. The summed E-state index contributed by atoms with van der Waals surface area (Å²) < 4.78 is 10.7. The van der Waals surface area contributed by atoms with Crippen molar-refractivity contribution in [3.63, 3.8) is 0 Å². The van der Waals surface area contributed by atoms with Crippen LogP contribution in [0.5, 0.6) is 5.75 Å². The number of rotatable bonds is 8. The van der Waals surface area contributed by atoms with E-state index in [0.29, 0.717) is 0 Å². The van der Waals surface area contributed by atoms with Crippen LogP contribution in [0.3, 0.4) is 0 Å². The molecule has 7 heteroatoms. The molecule has 1 aromatic carbocycles. The predicted molar refractivity (Wildman–Crippen MR) is 119 cm³/mol. The predicted octanol–water partition coefficient (Wildman–Crippen LogP) is 2.83. The zero-order valence-electron chi connectivity index (χ0n) is 16.2. The van der Waals surface area contributed by atoms with Crippen LogP contribution in [0.15, 0.2) is 29.3 Å². The highest BCUT2D eigenvalue weighted by Crippen LogP contribution is 2.22. The number of nitrogens with one attached hydrogen (secondary N) is 1. The van der Waals surface area contributed by atoms with Crippen LogP contribution in [0.4, 0.5) is 5.69 Å². The molecule has 1 fully saturated rings. The quantitative estimate of drug-likeness (QED) is 0.271. The number of piperazine rings is 1. The molecule has 0 atom stereocenters. The van der Waals surface area contributed by atoms with Crippen molar-refractivity contribution in [2.24, 2.45) is 4.99 Å². The van der Waals surface area contributed by atoms with Crippen LogP contribution in [-0.2, 0) is 4.74 Å². The molecular formula is C19H33IN4O2. The van der Waals surface area contributed by atoms with E-state index in [0.717, 1.165) is 70.6 Å². The lowest BCUT2D eigenvalue weighted by molar-refractivity contribution is 0.146. The normalized spacial score (nSPS) is 14.8. The summed E-state index contributed by atoms with van der Waals surface area (Å²) in [7, 11) is 1.71.